The van der Waals surface area contributed by atoms with Gasteiger partial charge in [-0.25, -0.2) is 9.48 Å². The minimum absolute atomic E-state index is 0.0795. The third kappa shape index (κ3) is 7.17. The van der Waals surface area contributed by atoms with Crippen LogP contribution in [0.1, 0.15) is 0 Å². The zero-order valence-corrected chi connectivity index (χ0v) is 13.3. The first-order chi connectivity index (χ1) is 11.4. The van der Waals surface area contributed by atoms with Gasteiger partial charge in [-0.15, -0.1) is 5.10 Å². The standard InChI is InChI=1S/C8H10N6O3S.C2HF3O2/c1-13-8(10-11-12-13)7-2-3-14(9-6-7)4-5-18(15,16)17;3-2(4,5)1(6)7/h2-3,6H,4-5H2,1H3;(H,6,7)/p+1. The summed E-state index contributed by atoms with van der Waals surface area (Å²) in [6, 6.07) is 1.71. The van der Waals surface area contributed by atoms with Gasteiger partial charge in [-0.3, -0.25) is 4.55 Å². The van der Waals surface area contributed by atoms with Crippen LogP contribution in [0.2, 0.25) is 0 Å². The first-order valence-electron chi connectivity index (χ1n) is 6.24. The highest BCUT2D eigenvalue weighted by atomic mass is 32.2. The molecule has 0 spiro atoms. The second kappa shape index (κ2) is 7.93. The van der Waals surface area contributed by atoms with Crippen LogP contribution in [0, 0.1) is 0 Å². The van der Waals surface area contributed by atoms with E-state index in [1.54, 1.807) is 19.3 Å². The molecular weight excluding hydrogens is 373 g/mol. The van der Waals surface area contributed by atoms with Crippen LogP contribution >= 0.6 is 0 Å². The fourth-order valence-electron chi connectivity index (χ4n) is 1.33. The lowest BCUT2D eigenvalue weighted by molar-refractivity contribution is -0.750. The Kier molecular flexibility index (Phi) is 6.46. The highest BCUT2D eigenvalue weighted by Crippen LogP contribution is 2.13. The predicted molar refractivity (Wildman–Crippen MR) is 72.3 cm³/mol. The number of carbonyl (C=O) groups is 1. The maximum atomic E-state index is 10.6. The van der Waals surface area contributed by atoms with E-state index >= 15 is 0 Å². The summed E-state index contributed by atoms with van der Waals surface area (Å²) in [5.74, 6) is -2.58. The van der Waals surface area contributed by atoms with Crippen molar-refractivity contribution >= 4 is 16.1 Å². The molecule has 0 aliphatic heterocycles. The van der Waals surface area contributed by atoms with E-state index in [-0.39, 0.29) is 12.3 Å². The van der Waals surface area contributed by atoms with Crippen LogP contribution in [-0.4, -0.2) is 61.3 Å². The number of carboxylic acid groups (broad SMARTS) is 1. The van der Waals surface area contributed by atoms with Gasteiger partial charge >= 0.3 is 12.1 Å². The highest BCUT2D eigenvalue weighted by Gasteiger charge is 2.38. The number of hydrogen-bond donors (Lipinski definition) is 2. The molecule has 0 fully saturated rings. The SMILES string of the molecule is Cn1nnnc1-c1cc[n+](CCS(=O)(=O)O)nc1.O=C(O)C(F)(F)F. The average Bonchev–Trinajstić information content (AvgIpc) is 2.91. The van der Waals surface area contributed by atoms with Crippen molar-refractivity contribution < 1.29 is 40.7 Å². The second-order valence-electron chi connectivity index (χ2n) is 4.39. The minimum atomic E-state index is -5.08. The monoisotopic (exact) mass is 385 g/mol. The number of aliphatic carboxylic acids is 1. The first kappa shape index (κ1) is 20.4. The zero-order valence-electron chi connectivity index (χ0n) is 12.5. The van der Waals surface area contributed by atoms with Crippen molar-refractivity contribution in [3.8, 4) is 11.4 Å². The van der Waals surface area contributed by atoms with Gasteiger partial charge in [0.05, 0.1) is 5.56 Å². The Hall–Kier alpha value is -2.68. The second-order valence-corrected chi connectivity index (χ2v) is 5.97. The molecule has 15 heteroatoms. The lowest BCUT2D eigenvalue weighted by Crippen LogP contribution is -2.40. The molecule has 0 bridgehead atoms. The fourth-order valence-corrected chi connectivity index (χ4v) is 1.75. The van der Waals surface area contributed by atoms with Crippen molar-refractivity contribution in [3.05, 3.63) is 18.5 Å². The number of aryl methyl sites for hydroxylation is 2. The van der Waals surface area contributed by atoms with Gasteiger partial charge in [0.25, 0.3) is 10.1 Å². The van der Waals surface area contributed by atoms with Crippen molar-refractivity contribution in [2.75, 3.05) is 5.75 Å². The quantitative estimate of drug-likeness (QED) is 0.503. The van der Waals surface area contributed by atoms with Gasteiger partial charge in [0.1, 0.15) is 11.9 Å². The maximum absolute atomic E-state index is 10.6. The molecule has 2 N–H and O–H groups in total. The summed E-state index contributed by atoms with van der Waals surface area (Å²) in [4.78, 5) is 8.90. The van der Waals surface area contributed by atoms with Crippen molar-refractivity contribution in [2.24, 2.45) is 7.05 Å². The normalized spacial score (nSPS) is 11.6. The predicted octanol–water partition coefficient (Wildman–Crippen LogP) is -0.919. The number of alkyl halides is 3. The summed E-state index contributed by atoms with van der Waals surface area (Å²) in [5.41, 5.74) is 0.714. The maximum Gasteiger partial charge on any atom is 0.490 e. The van der Waals surface area contributed by atoms with Gasteiger partial charge < -0.3 is 5.11 Å². The van der Waals surface area contributed by atoms with E-state index in [4.69, 9.17) is 14.5 Å². The summed E-state index contributed by atoms with van der Waals surface area (Å²) in [6.07, 6.45) is -1.97. The van der Waals surface area contributed by atoms with E-state index in [1.807, 2.05) is 0 Å². The van der Waals surface area contributed by atoms with Gasteiger partial charge in [0.15, 0.2) is 18.6 Å². The molecule has 0 saturated heterocycles. The Balaban J connectivity index is 0.000000381. The summed E-state index contributed by atoms with van der Waals surface area (Å²) in [7, 11) is -2.28. The summed E-state index contributed by atoms with van der Waals surface area (Å²) in [5, 5.41) is 22.2. The molecule has 11 nitrogen and oxygen atoms in total. The Morgan fingerprint density at radius 1 is 1.40 bits per heavy atom. The van der Waals surface area contributed by atoms with Crippen LogP contribution in [-0.2, 0) is 28.5 Å². The van der Waals surface area contributed by atoms with E-state index in [0.717, 1.165) is 0 Å². The Morgan fingerprint density at radius 3 is 2.36 bits per heavy atom. The van der Waals surface area contributed by atoms with Crippen LogP contribution in [0.15, 0.2) is 18.5 Å². The summed E-state index contributed by atoms with van der Waals surface area (Å²) in [6.45, 7) is 0.0795. The Labute approximate surface area is 138 Å². The molecule has 0 aliphatic rings. The Morgan fingerprint density at radius 2 is 2.00 bits per heavy atom. The smallest absolute Gasteiger partial charge is 0.475 e. The lowest BCUT2D eigenvalue weighted by Gasteiger charge is -1.97. The molecule has 0 radical (unpaired) electrons. The van der Waals surface area contributed by atoms with Gasteiger partial charge in [-0.05, 0) is 15.5 Å². The van der Waals surface area contributed by atoms with E-state index in [9.17, 15) is 21.6 Å². The van der Waals surface area contributed by atoms with Gasteiger partial charge in [-0.1, -0.05) is 4.68 Å². The Bertz CT molecular complexity index is 820. The molecule has 0 aliphatic carbocycles. The number of halogens is 3. The van der Waals surface area contributed by atoms with Crippen LogP contribution in [0.25, 0.3) is 11.4 Å². The minimum Gasteiger partial charge on any atom is -0.475 e. The number of aromatic nitrogens is 6. The van der Waals surface area contributed by atoms with E-state index in [2.05, 4.69) is 20.6 Å². The largest absolute Gasteiger partial charge is 0.490 e. The fraction of sp³-hybridized carbons (Fsp3) is 0.400. The molecule has 0 unspecified atom stereocenters. The van der Waals surface area contributed by atoms with Crippen molar-refractivity contribution in [2.45, 2.75) is 12.7 Å². The molecule has 0 saturated carbocycles. The number of rotatable bonds is 4. The summed E-state index contributed by atoms with van der Waals surface area (Å²) < 4.78 is 64.4. The molecule has 138 valence electrons. The molecule has 2 aromatic rings. The number of nitrogens with zero attached hydrogens (tertiary/aromatic N) is 6. The third-order valence-corrected chi connectivity index (χ3v) is 3.17. The van der Waals surface area contributed by atoms with E-state index < -0.39 is 22.3 Å². The van der Waals surface area contributed by atoms with Gasteiger partial charge in [0, 0.05) is 13.1 Å². The van der Waals surface area contributed by atoms with Gasteiger partial charge in [-0.2, -0.15) is 21.6 Å². The van der Waals surface area contributed by atoms with Crippen LogP contribution < -0.4 is 4.68 Å². The third-order valence-electron chi connectivity index (χ3n) is 2.47. The molecular formula is C10H12F3N6O5S+. The molecule has 25 heavy (non-hydrogen) atoms. The lowest BCUT2D eigenvalue weighted by atomic mass is 10.3. The molecule has 0 aromatic carbocycles. The summed E-state index contributed by atoms with van der Waals surface area (Å²) >= 11 is 0. The van der Waals surface area contributed by atoms with Crippen molar-refractivity contribution in [1.29, 1.82) is 0 Å². The molecule has 0 amide bonds. The average molecular weight is 385 g/mol. The number of hydrogen-bond acceptors (Lipinski definition) is 7. The highest BCUT2D eigenvalue weighted by molar-refractivity contribution is 7.85. The van der Waals surface area contributed by atoms with Crippen LogP contribution in [0.5, 0.6) is 0 Å². The zero-order chi connectivity index (χ0) is 19.3. The molecule has 2 aromatic heterocycles. The molecule has 2 heterocycles. The first-order valence-corrected chi connectivity index (χ1v) is 7.85. The van der Waals surface area contributed by atoms with Crippen LogP contribution in [0.4, 0.5) is 13.2 Å². The van der Waals surface area contributed by atoms with Gasteiger partial charge in [0.2, 0.25) is 0 Å². The number of tetrazole rings is 1. The number of carboxylic acids is 1. The van der Waals surface area contributed by atoms with Crippen LogP contribution in [0.3, 0.4) is 0 Å². The van der Waals surface area contributed by atoms with Crippen molar-refractivity contribution in [3.63, 3.8) is 0 Å². The topological polar surface area (TPSA) is 152 Å². The molecule has 2 rings (SSSR count). The van der Waals surface area contributed by atoms with E-state index in [0.29, 0.717) is 11.4 Å². The van der Waals surface area contributed by atoms with Crippen molar-refractivity contribution in [1.82, 2.24) is 25.3 Å². The van der Waals surface area contributed by atoms with E-state index in [1.165, 1.54) is 15.6 Å². The molecule has 0 atom stereocenters.